The Labute approximate surface area is 728 Å². The van der Waals surface area contributed by atoms with Crippen LogP contribution in [0.3, 0.4) is 0 Å². The molecule has 0 bridgehead atoms. The number of amides is 4. The molecule has 0 aromatic heterocycles. The molecule has 19 rings (SSSR count). The molecule has 4 amide bonds. The number of likely N-dealkylation sites (tertiary alicyclic amines) is 3. The number of benzene rings is 7. The third-order valence-corrected chi connectivity index (χ3v) is 25.1. The quantitative estimate of drug-likeness (QED) is 0.0276. The first-order valence-corrected chi connectivity index (χ1v) is 42.3. The number of rotatable bonds is 15. The van der Waals surface area contributed by atoms with Gasteiger partial charge in [0.1, 0.15) is 46.1 Å². The van der Waals surface area contributed by atoms with E-state index in [1.807, 2.05) is 41.3 Å². The summed E-state index contributed by atoms with van der Waals surface area (Å²) in [5.74, 6) is 1.90. The van der Waals surface area contributed by atoms with Gasteiger partial charge in [-0.2, -0.15) is 0 Å². The number of methoxy groups -OCH3 is 2. The molecule has 26 nitrogen and oxygen atoms in total. The molecule has 6 N–H and O–H groups in total. The van der Waals surface area contributed by atoms with E-state index in [1.165, 1.54) is 108 Å². The average molecular weight is 1670 g/mol. The van der Waals surface area contributed by atoms with Crippen LogP contribution < -0.4 is 44.3 Å². The molecule has 7 aromatic rings. The summed E-state index contributed by atoms with van der Waals surface area (Å²) in [6, 6.07) is 43.5. The van der Waals surface area contributed by atoms with Crippen LogP contribution in [0.4, 0.5) is 4.39 Å². The number of hydrogen-bond acceptors (Lipinski definition) is 21. The van der Waals surface area contributed by atoms with E-state index in [1.54, 1.807) is 79.7 Å². The van der Waals surface area contributed by atoms with Crippen LogP contribution in [0.15, 0.2) is 146 Å². The molecule has 4 saturated heterocycles. The summed E-state index contributed by atoms with van der Waals surface area (Å²) in [5, 5.41) is 38.6. The number of phenolic OH excluding ortho intramolecular Hbond substituents is 2. The number of hydrogen-bond donors (Lipinski definition) is 5. The molecule has 4 atom stereocenters. The summed E-state index contributed by atoms with van der Waals surface area (Å²) in [7, 11) is 2.64. The van der Waals surface area contributed by atoms with Crippen LogP contribution in [0.5, 0.6) is 34.5 Å². The molecule has 7 aromatic carbocycles. The maximum Gasteiger partial charge on any atom is 1.00 e. The van der Waals surface area contributed by atoms with Gasteiger partial charge in [-0.3, -0.25) is 43.9 Å². The van der Waals surface area contributed by atoms with E-state index >= 15 is 0 Å². The molecule has 0 radical (unpaired) electrons. The zero-order valence-electron chi connectivity index (χ0n) is 69.8. The number of carbonyl (C=O) groups is 8. The second-order valence-corrected chi connectivity index (χ2v) is 32.4. The van der Waals surface area contributed by atoms with E-state index in [0.29, 0.717) is 70.7 Å². The average Bonchev–Trinajstić information content (AvgIpc) is 1.79. The Bertz CT molecular complexity index is 4710. The molecule has 0 unspecified atom stereocenters. The number of nitrogens with one attached hydrogen (secondary N) is 1. The third-order valence-electron chi connectivity index (χ3n) is 25.1. The van der Waals surface area contributed by atoms with Crippen molar-refractivity contribution in [3.05, 3.63) is 213 Å². The summed E-state index contributed by atoms with van der Waals surface area (Å²) >= 11 is 0. The molecular weight excluding hydrogens is 1560 g/mol. The van der Waals surface area contributed by atoms with E-state index in [4.69, 9.17) is 24.6 Å². The molecule has 0 spiro atoms. The fourth-order valence-electron chi connectivity index (χ4n) is 17.4. The first-order valence-electron chi connectivity index (χ1n) is 42.3. The summed E-state index contributed by atoms with van der Waals surface area (Å²) in [6.45, 7) is 13.5. The van der Waals surface area contributed by atoms with Gasteiger partial charge < -0.3 is 64.7 Å². The van der Waals surface area contributed by atoms with Crippen LogP contribution >= 0.6 is 0 Å². The Morgan fingerprint density at radius 3 is 1.03 bits per heavy atom. The topological polar surface area (TPSA) is 328 Å². The van der Waals surface area contributed by atoms with Gasteiger partial charge in [0, 0.05) is 149 Å². The van der Waals surface area contributed by atoms with E-state index in [0.717, 1.165) is 212 Å². The van der Waals surface area contributed by atoms with Crippen molar-refractivity contribution in [2.75, 3.05) is 99.4 Å². The minimum absolute atomic E-state index is 0. The largest absolute Gasteiger partial charge is 1.00 e. The van der Waals surface area contributed by atoms with Crippen molar-refractivity contribution < 1.29 is 122 Å². The van der Waals surface area contributed by atoms with Gasteiger partial charge in [0.05, 0.1) is 37.5 Å². The predicted octanol–water partition coefficient (Wildman–Crippen LogP) is 10.1. The maximum atomic E-state index is 13.2. The predicted molar refractivity (Wildman–Crippen MR) is 446 cm³/mol. The minimum atomic E-state index is -0.962. The number of ketones is 1. The molecule has 8 heterocycles. The zero-order valence-corrected chi connectivity index (χ0v) is 71.8. The molecular formula is C93H112FN8NaO18. The van der Waals surface area contributed by atoms with Crippen molar-refractivity contribution in [3.63, 3.8) is 0 Å². The van der Waals surface area contributed by atoms with E-state index < -0.39 is 11.9 Å². The maximum absolute atomic E-state index is 13.2. The van der Waals surface area contributed by atoms with Crippen LogP contribution in [-0.4, -0.2) is 249 Å². The number of carbonyl (C=O) groups excluding carboxylic acids is 7. The van der Waals surface area contributed by atoms with Crippen molar-refractivity contribution in [1.82, 2.24) is 39.6 Å². The Morgan fingerprint density at radius 1 is 0.413 bits per heavy atom. The van der Waals surface area contributed by atoms with Crippen LogP contribution in [0, 0.1) is 5.82 Å². The number of ether oxygens (including phenoxy) is 4. The van der Waals surface area contributed by atoms with E-state index in [2.05, 4.69) is 44.3 Å². The number of Topliss-reactive ketones (excluding diaryl/α,β-unsaturated/α-hetero) is 1. The second-order valence-electron chi connectivity index (χ2n) is 32.4. The van der Waals surface area contributed by atoms with Crippen LogP contribution in [0.2, 0.25) is 0 Å². The van der Waals surface area contributed by atoms with E-state index in [9.17, 15) is 53.0 Å². The fourth-order valence-corrected chi connectivity index (χ4v) is 17.4. The number of carboxylic acids is 1. The number of halogens is 1. The number of fused-ring (bicyclic) bond motifs is 4. The minimum Gasteiger partial charge on any atom is -0.870 e. The molecule has 121 heavy (non-hydrogen) atoms. The Hall–Kier alpha value is -9.65. The van der Waals surface area contributed by atoms with Gasteiger partial charge in [0.2, 0.25) is 0 Å². The van der Waals surface area contributed by atoms with Crippen LogP contribution in [0.1, 0.15) is 204 Å². The molecule has 4 saturated carbocycles. The first-order chi connectivity index (χ1) is 57.7. The molecule has 4 aliphatic carbocycles. The van der Waals surface area contributed by atoms with Crippen molar-refractivity contribution in [1.29, 1.82) is 0 Å². The van der Waals surface area contributed by atoms with Gasteiger partial charge in [-0.25, -0.2) is 23.7 Å². The number of phenols is 2. The molecule has 640 valence electrons. The summed E-state index contributed by atoms with van der Waals surface area (Å²) < 4.78 is 33.3. The van der Waals surface area contributed by atoms with Gasteiger partial charge in [-0.15, -0.1) is 0 Å². The SMILES string of the molecule is CCOO.COC(=O)c1ccc(F)cc1.COC(=O)c1ccc(Oc2ccc3c(c2)CCN([C@@H]2CCN(C4CCC4)C2)C3=O)cc1.O=C(O)c1ccc(Oc2ccc3c(c2)CCN([C@@H]2CCN(C4CCC4)C2)C3=O)cc1.O=C1CCC1.O=C1c2ccc(O)cc2CCN1[C@@H]1CCN(C2CCC2)C1.O=C1c2ccc(O)cc2CCN1[C@@H]1CCNC1.[Na+].[OH-]. The Balaban J connectivity index is 0.000000148. The van der Waals surface area contributed by atoms with Gasteiger partial charge >= 0.3 is 47.5 Å². The van der Waals surface area contributed by atoms with Crippen molar-refractivity contribution in [3.8, 4) is 34.5 Å². The molecule has 8 fully saturated rings. The molecule has 12 aliphatic rings. The number of carboxylic acid groups (broad SMARTS) is 1. The Morgan fingerprint density at radius 2 is 0.736 bits per heavy atom. The zero-order chi connectivity index (χ0) is 83.6. The van der Waals surface area contributed by atoms with Crippen molar-refractivity contribution in [2.24, 2.45) is 0 Å². The van der Waals surface area contributed by atoms with E-state index in [-0.39, 0.29) is 87.5 Å². The fraction of sp³-hybridized carbons (Fsp3) is 0.462. The summed E-state index contributed by atoms with van der Waals surface area (Å²) in [4.78, 5) is 114. The van der Waals surface area contributed by atoms with Crippen LogP contribution in [0.25, 0.3) is 0 Å². The smallest absolute Gasteiger partial charge is 0.870 e. The van der Waals surface area contributed by atoms with Gasteiger partial charge in [0.25, 0.3) is 23.6 Å². The molecule has 28 heteroatoms. The normalized spacial score (nSPS) is 21.0. The first kappa shape index (κ1) is 92.1. The van der Waals surface area contributed by atoms with Gasteiger partial charge in [-0.1, -0.05) is 19.3 Å². The number of aromatic carboxylic acids is 1. The van der Waals surface area contributed by atoms with Gasteiger partial charge in [-0.05, 0) is 278 Å². The third kappa shape index (κ3) is 23.4. The summed E-state index contributed by atoms with van der Waals surface area (Å²) in [6.07, 6.45) is 22.5. The van der Waals surface area contributed by atoms with Gasteiger partial charge in [0.15, 0.2) is 0 Å². The number of nitrogens with zero attached hydrogens (tertiary/aromatic N) is 7. The second kappa shape index (κ2) is 43.9. The monoisotopic (exact) mass is 1670 g/mol. The summed E-state index contributed by atoms with van der Waals surface area (Å²) in [5.41, 5.74) is 8.18. The Kier molecular flexibility index (Phi) is 33.4. The molecule has 8 aliphatic heterocycles. The van der Waals surface area contributed by atoms with Crippen molar-refractivity contribution >= 4 is 47.3 Å². The number of aromatic hydroxyl groups is 2. The number of esters is 2. The van der Waals surface area contributed by atoms with Crippen molar-refractivity contribution in [2.45, 2.75) is 178 Å². The van der Waals surface area contributed by atoms with Crippen LogP contribution in [-0.2, 0) is 44.8 Å². The standard InChI is InChI=1S/C25H28N2O4.C24H26N2O4.C17H22N2O2.C13H16N2O2.C8H7FO2.C4H6O.C2H6O2.Na.H2O/c1-30-25(29)17-5-7-21(8-6-17)31-22-9-10-23-18(15-22)11-14-27(24(23)28)20-12-13-26(16-20)19-3-2-4-19;27-23-22-9-8-21(30-20-6-4-16(5-7-20)24(28)29)14-17(22)10-13-26(23)19-11-12-25(15-19)18-2-1-3-18;20-15-4-5-16-12(10-15)6-9-19(17(16)21)14-7-8-18(11-14)13-2-1-3-13;16-11-1-2-12-9(7-11)4-6-15(13(12)17)10-3-5-14-8-10;1-11-8(10)6-2-4-7(9)5-3-6;5-4-2-1-3-4;1-2-4-3;;/h5-10,15,19-20H,2-4,11-14,16H2,1H3;4-9,14,18-19H,1-3,10-13,15H2,(H,28,29);4-5,10,13-14,20H,1-3,6-9,11H2;1-2,7,10,14,16H,3-6,8H2;2-5H,1H3;1-3H2;3H,2H2,1H3;;1H2/q;;;;;;;+1;/p-1/t20-;19-;14-;10-;;;;;/m1111...../s1.